The van der Waals surface area contributed by atoms with Gasteiger partial charge >= 0.3 is 6.09 Å². The first-order chi connectivity index (χ1) is 14.5. The van der Waals surface area contributed by atoms with Gasteiger partial charge < -0.3 is 25.2 Å². The summed E-state index contributed by atoms with van der Waals surface area (Å²) in [6.07, 6.45) is 0.0293. The predicted molar refractivity (Wildman–Crippen MR) is 113 cm³/mol. The molecular weight excluding hydrogens is 409 g/mol. The summed E-state index contributed by atoms with van der Waals surface area (Å²) in [6.45, 7) is 2.90. The Balaban J connectivity index is 1.65. The molecule has 3 heterocycles. The van der Waals surface area contributed by atoms with Crippen LogP contribution >= 0.6 is 11.3 Å². The van der Waals surface area contributed by atoms with E-state index in [1.807, 2.05) is 18.4 Å². The van der Waals surface area contributed by atoms with Gasteiger partial charge in [-0.1, -0.05) is 0 Å². The maximum atomic E-state index is 14.0. The number of aliphatic hydroxyl groups is 1. The summed E-state index contributed by atoms with van der Waals surface area (Å²) < 4.78 is 25.0. The molecule has 1 amide bonds. The van der Waals surface area contributed by atoms with E-state index in [1.54, 1.807) is 22.3 Å². The van der Waals surface area contributed by atoms with Gasteiger partial charge in [-0.2, -0.15) is 0 Å². The Morgan fingerprint density at radius 1 is 1.43 bits per heavy atom. The van der Waals surface area contributed by atoms with Crippen molar-refractivity contribution in [3.05, 3.63) is 51.6 Å². The second kappa shape index (κ2) is 8.63. The molecule has 30 heavy (non-hydrogen) atoms. The van der Waals surface area contributed by atoms with Crippen molar-refractivity contribution >= 4 is 28.8 Å². The number of nitrogens with zero attached hydrogens (tertiary/aromatic N) is 1. The number of halogens is 1. The normalized spacial score (nSPS) is 20.9. The molecular formula is C21H24FN3O4S. The SMILES string of the molecule is COC(=O)N1Cc2sccc2C(Nc2ccc(F)cc2O[C@@H]2CN[C@H](CO)C2)=C1C. The van der Waals surface area contributed by atoms with E-state index in [2.05, 4.69) is 10.6 Å². The maximum Gasteiger partial charge on any atom is 0.414 e. The van der Waals surface area contributed by atoms with Crippen LogP contribution in [0.2, 0.25) is 0 Å². The van der Waals surface area contributed by atoms with Crippen LogP contribution in [-0.2, 0) is 11.3 Å². The fraction of sp³-hybridized carbons (Fsp3) is 0.381. The molecule has 7 nitrogen and oxygen atoms in total. The minimum absolute atomic E-state index is 0.0229. The Kier molecular flexibility index (Phi) is 5.94. The molecule has 3 N–H and O–H groups in total. The number of hydrogen-bond donors (Lipinski definition) is 3. The van der Waals surface area contributed by atoms with Gasteiger partial charge in [0.25, 0.3) is 0 Å². The molecule has 0 spiro atoms. The van der Waals surface area contributed by atoms with Crippen molar-refractivity contribution in [2.75, 3.05) is 25.6 Å². The number of carbonyl (C=O) groups excluding carboxylic acids is 1. The predicted octanol–water partition coefficient (Wildman–Crippen LogP) is 3.37. The van der Waals surface area contributed by atoms with Gasteiger partial charge in [0.15, 0.2) is 0 Å². The number of amides is 1. The molecule has 0 saturated carbocycles. The summed E-state index contributed by atoms with van der Waals surface area (Å²) in [7, 11) is 1.36. The topological polar surface area (TPSA) is 83.1 Å². The second-order valence-electron chi connectivity index (χ2n) is 7.30. The van der Waals surface area contributed by atoms with E-state index < -0.39 is 11.9 Å². The molecule has 0 bridgehead atoms. The molecule has 0 radical (unpaired) electrons. The van der Waals surface area contributed by atoms with Crippen LogP contribution in [-0.4, -0.2) is 48.5 Å². The highest BCUT2D eigenvalue weighted by Crippen LogP contribution is 2.38. The van der Waals surface area contributed by atoms with Crippen molar-refractivity contribution in [1.82, 2.24) is 10.2 Å². The highest BCUT2D eigenvalue weighted by molar-refractivity contribution is 7.10. The summed E-state index contributed by atoms with van der Waals surface area (Å²) >= 11 is 1.56. The smallest absolute Gasteiger partial charge is 0.414 e. The van der Waals surface area contributed by atoms with Crippen LogP contribution in [0, 0.1) is 5.82 Å². The van der Waals surface area contributed by atoms with Gasteiger partial charge in [0, 0.05) is 41.2 Å². The number of allylic oxidation sites excluding steroid dienone is 1. The molecule has 1 saturated heterocycles. The Hall–Kier alpha value is -2.62. The van der Waals surface area contributed by atoms with E-state index in [-0.39, 0.29) is 18.8 Å². The number of methoxy groups -OCH3 is 1. The summed E-state index contributed by atoms with van der Waals surface area (Å²) in [5.41, 5.74) is 3.06. The molecule has 9 heteroatoms. The van der Waals surface area contributed by atoms with Gasteiger partial charge in [0.05, 0.1) is 31.6 Å². The van der Waals surface area contributed by atoms with E-state index >= 15 is 0 Å². The standard InChI is InChI=1S/C21H24FN3O4S/c1-12-20(16-5-6-30-19(16)10-25(12)21(27)28-2)24-17-4-3-13(22)7-18(17)29-15-8-14(11-26)23-9-15/h3-7,14-15,23-24,26H,8-11H2,1-2H3/t14-,15-/m0/s1. The molecule has 2 aromatic rings. The highest BCUT2D eigenvalue weighted by atomic mass is 32.1. The van der Waals surface area contributed by atoms with E-state index in [0.717, 1.165) is 16.1 Å². The molecule has 1 aromatic heterocycles. The number of ether oxygens (including phenoxy) is 2. The number of aliphatic hydroxyl groups excluding tert-OH is 1. The monoisotopic (exact) mass is 433 g/mol. The molecule has 160 valence electrons. The number of thiophene rings is 1. The number of fused-ring (bicyclic) bond motifs is 1. The third kappa shape index (κ3) is 4.00. The zero-order chi connectivity index (χ0) is 21.3. The van der Waals surface area contributed by atoms with Crippen molar-refractivity contribution in [3.8, 4) is 5.75 Å². The van der Waals surface area contributed by atoms with Gasteiger partial charge in [-0.3, -0.25) is 4.90 Å². The molecule has 1 aromatic carbocycles. The largest absolute Gasteiger partial charge is 0.487 e. The lowest BCUT2D eigenvalue weighted by Crippen LogP contribution is -2.33. The summed E-state index contributed by atoms with van der Waals surface area (Å²) in [5, 5.41) is 17.8. The summed E-state index contributed by atoms with van der Waals surface area (Å²) in [4.78, 5) is 14.9. The Bertz CT molecular complexity index is 977. The van der Waals surface area contributed by atoms with Crippen LogP contribution in [0.3, 0.4) is 0 Å². The van der Waals surface area contributed by atoms with Crippen molar-refractivity contribution < 1.29 is 23.8 Å². The van der Waals surface area contributed by atoms with Gasteiger partial charge in [-0.05, 0) is 30.5 Å². The van der Waals surface area contributed by atoms with Gasteiger partial charge in [-0.25, -0.2) is 9.18 Å². The summed E-state index contributed by atoms with van der Waals surface area (Å²) in [5.74, 6) is -0.0189. The highest BCUT2D eigenvalue weighted by Gasteiger charge is 2.29. The summed E-state index contributed by atoms with van der Waals surface area (Å²) in [6, 6.07) is 6.31. The van der Waals surface area contributed by atoms with Crippen molar-refractivity contribution in [2.45, 2.75) is 32.0 Å². The quantitative estimate of drug-likeness (QED) is 0.671. The molecule has 0 aliphatic carbocycles. The number of nitrogens with one attached hydrogen (secondary N) is 2. The van der Waals surface area contributed by atoms with Crippen molar-refractivity contribution in [2.24, 2.45) is 0 Å². The number of anilines is 1. The minimum atomic E-state index is -0.437. The van der Waals surface area contributed by atoms with Gasteiger partial charge in [-0.15, -0.1) is 11.3 Å². The van der Waals surface area contributed by atoms with Crippen LogP contribution < -0.4 is 15.4 Å². The van der Waals surface area contributed by atoms with Gasteiger partial charge in [0.2, 0.25) is 0 Å². The molecule has 1 fully saturated rings. The lowest BCUT2D eigenvalue weighted by atomic mass is 10.1. The Labute approximate surface area is 178 Å². The number of rotatable bonds is 5. The molecule has 2 atom stereocenters. The van der Waals surface area contributed by atoms with E-state index in [4.69, 9.17) is 9.47 Å². The first kappa shape index (κ1) is 20.6. The Morgan fingerprint density at radius 2 is 2.27 bits per heavy atom. The molecule has 4 rings (SSSR count). The third-order valence-electron chi connectivity index (χ3n) is 5.38. The lowest BCUT2D eigenvalue weighted by Gasteiger charge is -2.30. The van der Waals surface area contributed by atoms with E-state index in [0.29, 0.717) is 36.6 Å². The van der Waals surface area contributed by atoms with E-state index in [1.165, 1.54) is 19.2 Å². The fourth-order valence-corrected chi connectivity index (χ4v) is 4.64. The van der Waals surface area contributed by atoms with Crippen molar-refractivity contribution in [3.63, 3.8) is 0 Å². The van der Waals surface area contributed by atoms with Crippen LogP contribution in [0.5, 0.6) is 5.75 Å². The molecule has 0 unspecified atom stereocenters. The molecule has 2 aliphatic rings. The third-order valence-corrected chi connectivity index (χ3v) is 6.28. The maximum absolute atomic E-state index is 14.0. The number of carbonyl (C=O) groups is 1. The first-order valence-corrected chi connectivity index (χ1v) is 10.6. The van der Waals surface area contributed by atoms with Crippen LogP contribution in [0.25, 0.3) is 5.70 Å². The zero-order valence-corrected chi connectivity index (χ0v) is 17.6. The average molecular weight is 434 g/mol. The van der Waals surface area contributed by atoms with Crippen LogP contribution in [0.4, 0.5) is 14.9 Å². The zero-order valence-electron chi connectivity index (χ0n) is 16.8. The van der Waals surface area contributed by atoms with Crippen molar-refractivity contribution in [1.29, 1.82) is 0 Å². The van der Waals surface area contributed by atoms with Crippen LogP contribution in [0.15, 0.2) is 35.3 Å². The number of benzene rings is 1. The lowest BCUT2D eigenvalue weighted by molar-refractivity contribution is 0.133. The fourth-order valence-electron chi connectivity index (χ4n) is 3.77. The van der Waals surface area contributed by atoms with E-state index in [9.17, 15) is 14.3 Å². The second-order valence-corrected chi connectivity index (χ2v) is 8.30. The molecule has 2 aliphatic heterocycles. The van der Waals surface area contributed by atoms with Crippen LogP contribution in [0.1, 0.15) is 23.8 Å². The first-order valence-electron chi connectivity index (χ1n) is 9.70. The number of hydrogen-bond acceptors (Lipinski definition) is 7. The Morgan fingerprint density at radius 3 is 3.00 bits per heavy atom. The van der Waals surface area contributed by atoms with Gasteiger partial charge in [0.1, 0.15) is 17.7 Å². The minimum Gasteiger partial charge on any atom is -0.487 e. The average Bonchev–Trinajstić information content (AvgIpc) is 3.40.